The van der Waals surface area contributed by atoms with Crippen LogP contribution in [0, 0.1) is 0 Å². The minimum absolute atomic E-state index is 0.00936. The van der Waals surface area contributed by atoms with E-state index in [1.807, 2.05) is 4.98 Å². The minimum atomic E-state index is -4.81. The molecule has 0 fully saturated rings. The number of nitrogens with zero attached hydrogens (tertiary/aromatic N) is 2. The fourth-order valence-electron chi connectivity index (χ4n) is 3.03. The summed E-state index contributed by atoms with van der Waals surface area (Å²) in [6.45, 7) is 0. The number of nitrogens with one attached hydrogen (secondary N) is 1. The third-order valence-electron chi connectivity index (χ3n) is 4.25. The molecule has 4 rings (SSSR count). The molecule has 0 aliphatic carbocycles. The van der Waals surface area contributed by atoms with Crippen LogP contribution in [0.1, 0.15) is 5.56 Å². The lowest BCUT2D eigenvalue weighted by Gasteiger charge is -2.15. The molecule has 0 amide bonds. The molecule has 0 aliphatic heterocycles. The van der Waals surface area contributed by atoms with Gasteiger partial charge in [-0.25, -0.2) is 14.3 Å². The summed E-state index contributed by atoms with van der Waals surface area (Å²) in [5.74, 6) is 0. The predicted molar refractivity (Wildman–Crippen MR) is 98.4 cm³/mol. The Morgan fingerprint density at radius 2 is 1.50 bits per heavy atom. The van der Waals surface area contributed by atoms with Gasteiger partial charge in [0.15, 0.2) is 5.65 Å². The van der Waals surface area contributed by atoms with Gasteiger partial charge in [-0.2, -0.15) is 13.2 Å². The van der Waals surface area contributed by atoms with E-state index in [2.05, 4.69) is 4.98 Å². The summed E-state index contributed by atoms with van der Waals surface area (Å²) >= 11 is 0. The smallest absolute Gasteiger partial charge is 0.273 e. The summed E-state index contributed by atoms with van der Waals surface area (Å²) in [7, 11) is 0. The molecule has 0 saturated heterocycles. The van der Waals surface area contributed by atoms with Crippen molar-refractivity contribution in [1.29, 1.82) is 0 Å². The Labute approximate surface area is 155 Å². The van der Waals surface area contributed by atoms with E-state index in [-0.39, 0.29) is 11.3 Å². The third kappa shape index (κ3) is 2.98. The van der Waals surface area contributed by atoms with E-state index in [4.69, 9.17) is 0 Å². The number of para-hydroxylation sites is 1. The number of H-pyrrole nitrogens is 1. The van der Waals surface area contributed by atoms with Crippen LogP contribution in [0.3, 0.4) is 0 Å². The summed E-state index contributed by atoms with van der Waals surface area (Å²) in [6.07, 6.45) is -4.81. The molecular weight excluding hydrogens is 371 g/mol. The second-order valence-electron chi connectivity index (χ2n) is 6.05. The van der Waals surface area contributed by atoms with Crippen LogP contribution in [-0.4, -0.2) is 14.5 Å². The molecule has 0 atom stereocenters. The number of hydrogen-bond acceptors (Lipinski definition) is 3. The molecule has 1 N–H and O–H groups in total. The quantitative estimate of drug-likeness (QED) is 0.573. The highest BCUT2D eigenvalue weighted by Crippen LogP contribution is 2.35. The van der Waals surface area contributed by atoms with Gasteiger partial charge < -0.3 is 0 Å². The van der Waals surface area contributed by atoms with Gasteiger partial charge in [0.2, 0.25) is 0 Å². The highest BCUT2D eigenvalue weighted by atomic mass is 19.4. The second kappa shape index (κ2) is 6.49. The summed E-state index contributed by atoms with van der Waals surface area (Å²) in [5, 5.41) is -0.685. The molecule has 0 bridgehead atoms. The number of pyridine rings is 1. The number of halogens is 3. The van der Waals surface area contributed by atoms with E-state index in [1.165, 1.54) is 0 Å². The van der Waals surface area contributed by atoms with Gasteiger partial charge in [-0.15, -0.1) is 0 Å². The largest absolute Gasteiger partial charge is 0.417 e. The van der Waals surface area contributed by atoms with Gasteiger partial charge in [-0.05, 0) is 18.2 Å². The van der Waals surface area contributed by atoms with Gasteiger partial charge in [-0.3, -0.25) is 9.78 Å². The van der Waals surface area contributed by atoms with Gasteiger partial charge >= 0.3 is 11.9 Å². The Kier molecular flexibility index (Phi) is 4.11. The van der Waals surface area contributed by atoms with Crippen molar-refractivity contribution in [2.75, 3.05) is 0 Å². The van der Waals surface area contributed by atoms with E-state index < -0.39 is 28.4 Å². The molecule has 0 radical (unpaired) electrons. The molecule has 140 valence electrons. The SMILES string of the molecule is O=c1[nH]c(=O)n(-c2ccccc2)c2nc(-c3ccccc3)cc(C(F)(F)F)c12. The maximum atomic E-state index is 13.8. The van der Waals surface area contributed by atoms with Crippen molar-refractivity contribution in [2.24, 2.45) is 0 Å². The van der Waals surface area contributed by atoms with Crippen LogP contribution in [0.4, 0.5) is 13.2 Å². The first-order valence-corrected chi connectivity index (χ1v) is 8.24. The highest BCUT2D eigenvalue weighted by molar-refractivity contribution is 5.83. The van der Waals surface area contributed by atoms with Crippen molar-refractivity contribution in [3.8, 4) is 16.9 Å². The van der Waals surface area contributed by atoms with E-state index in [0.29, 0.717) is 11.3 Å². The molecule has 0 saturated carbocycles. The van der Waals surface area contributed by atoms with Crippen molar-refractivity contribution < 1.29 is 13.2 Å². The number of benzene rings is 2. The fourth-order valence-corrected chi connectivity index (χ4v) is 3.03. The monoisotopic (exact) mass is 383 g/mol. The molecule has 5 nitrogen and oxygen atoms in total. The zero-order chi connectivity index (χ0) is 19.9. The first-order chi connectivity index (χ1) is 13.4. The Hall–Kier alpha value is -3.68. The number of alkyl halides is 3. The maximum absolute atomic E-state index is 13.8. The van der Waals surface area contributed by atoms with Crippen molar-refractivity contribution in [1.82, 2.24) is 14.5 Å². The Bertz CT molecular complexity index is 1280. The van der Waals surface area contributed by atoms with Crippen molar-refractivity contribution in [3.63, 3.8) is 0 Å². The first-order valence-electron chi connectivity index (χ1n) is 8.24. The molecule has 0 aliphatic rings. The van der Waals surface area contributed by atoms with E-state index in [1.54, 1.807) is 60.7 Å². The predicted octanol–water partition coefficient (Wildman–Crippen LogP) is 3.76. The molecule has 28 heavy (non-hydrogen) atoms. The minimum Gasteiger partial charge on any atom is -0.273 e. The van der Waals surface area contributed by atoms with Gasteiger partial charge in [0.05, 0.1) is 22.3 Å². The Morgan fingerprint density at radius 3 is 2.11 bits per heavy atom. The lowest BCUT2D eigenvalue weighted by atomic mass is 10.1. The van der Waals surface area contributed by atoms with Crippen molar-refractivity contribution in [2.45, 2.75) is 6.18 Å². The number of aromatic amines is 1. The van der Waals surface area contributed by atoms with Crippen LogP contribution >= 0.6 is 0 Å². The molecule has 4 aromatic rings. The fraction of sp³-hybridized carbons (Fsp3) is 0.0500. The number of fused-ring (bicyclic) bond motifs is 1. The van der Waals surface area contributed by atoms with E-state index in [9.17, 15) is 22.8 Å². The molecule has 8 heteroatoms. The number of rotatable bonds is 2. The average Bonchev–Trinajstić information content (AvgIpc) is 2.68. The first kappa shape index (κ1) is 17.7. The molecule has 0 spiro atoms. The maximum Gasteiger partial charge on any atom is 0.417 e. The molecule has 2 heterocycles. The Morgan fingerprint density at radius 1 is 0.893 bits per heavy atom. The zero-order valence-electron chi connectivity index (χ0n) is 14.2. The van der Waals surface area contributed by atoms with Gasteiger partial charge in [0, 0.05) is 5.56 Å². The van der Waals surface area contributed by atoms with E-state index >= 15 is 0 Å². The van der Waals surface area contributed by atoms with Crippen LogP contribution in [0.5, 0.6) is 0 Å². The number of aromatic nitrogens is 3. The molecule has 0 unspecified atom stereocenters. The van der Waals surface area contributed by atoms with Crippen LogP contribution in [0.15, 0.2) is 76.3 Å². The Balaban J connectivity index is 2.20. The standard InChI is InChI=1S/C20H12F3N3O2/c21-20(22,23)14-11-15(12-7-3-1-4-8-12)24-17-16(14)18(27)25-19(28)26(17)13-9-5-2-6-10-13/h1-11H,(H,25,27,28). The summed E-state index contributed by atoms with van der Waals surface area (Å²) in [5.41, 5.74) is -2.77. The summed E-state index contributed by atoms with van der Waals surface area (Å²) < 4.78 is 42.3. The van der Waals surface area contributed by atoms with Gasteiger partial charge in [-0.1, -0.05) is 48.5 Å². The lowest BCUT2D eigenvalue weighted by Crippen LogP contribution is -2.31. The molecule has 2 aromatic heterocycles. The highest BCUT2D eigenvalue weighted by Gasteiger charge is 2.35. The zero-order valence-corrected chi connectivity index (χ0v) is 14.2. The molecule has 2 aromatic carbocycles. The van der Waals surface area contributed by atoms with Crippen LogP contribution < -0.4 is 11.2 Å². The van der Waals surface area contributed by atoms with Gasteiger partial charge in [0.1, 0.15) is 0 Å². The topological polar surface area (TPSA) is 67.8 Å². The second-order valence-corrected chi connectivity index (χ2v) is 6.05. The molecular formula is C20H12F3N3O2. The lowest BCUT2D eigenvalue weighted by molar-refractivity contribution is -0.136. The van der Waals surface area contributed by atoms with Gasteiger partial charge in [0.25, 0.3) is 5.56 Å². The summed E-state index contributed by atoms with van der Waals surface area (Å²) in [4.78, 5) is 31.0. The normalized spacial score (nSPS) is 11.7. The van der Waals surface area contributed by atoms with Crippen LogP contribution in [0.2, 0.25) is 0 Å². The van der Waals surface area contributed by atoms with E-state index in [0.717, 1.165) is 10.6 Å². The van der Waals surface area contributed by atoms with Crippen LogP contribution in [0.25, 0.3) is 28.0 Å². The third-order valence-corrected chi connectivity index (χ3v) is 4.25. The average molecular weight is 383 g/mol. The van der Waals surface area contributed by atoms with Crippen molar-refractivity contribution >= 4 is 11.0 Å². The summed E-state index contributed by atoms with van der Waals surface area (Å²) in [6, 6.07) is 17.1. The van der Waals surface area contributed by atoms with Crippen LogP contribution in [-0.2, 0) is 6.18 Å². The van der Waals surface area contributed by atoms with Crippen molar-refractivity contribution in [3.05, 3.63) is 93.1 Å². The number of hydrogen-bond donors (Lipinski definition) is 1.